The average Bonchev–Trinajstić information content (AvgIpc) is 2.40. The van der Waals surface area contributed by atoms with Crippen LogP contribution in [0.25, 0.3) is 0 Å². The van der Waals surface area contributed by atoms with Crippen molar-refractivity contribution in [2.75, 3.05) is 26.2 Å². The molecule has 0 aromatic carbocycles. The Hall–Kier alpha value is -0.610. The van der Waals surface area contributed by atoms with E-state index in [0.29, 0.717) is 24.5 Å². The summed E-state index contributed by atoms with van der Waals surface area (Å²) >= 11 is 0. The van der Waals surface area contributed by atoms with Gasteiger partial charge < -0.3 is 10.6 Å². The van der Waals surface area contributed by atoms with Gasteiger partial charge in [-0.1, -0.05) is 33.6 Å². The Kier molecular flexibility index (Phi) is 8.15. The minimum Gasteiger partial charge on any atom is -0.353 e. The quantitative estimate of drug-likeness (QED) is 0.716. The van der Waals surface area contributed by atoms with Crippen molar-refractivity contribution >= 4 is 5.91 Å². The number of likely N-dealkylation sites (tertiary alicyclic amines) is 1. The van der Waals surface area contributed by atoms with Crippen molar-refractivity contribution in [1.29, 1.82) is 0 Å². The molecule has 3 atom stereocenters. The van der Waals surface area contributed by atoms with E-state index in [2.05, 4.69) is 43.2 Å². The zero-order valence-electron chi connectivity index (χ0n) is 13.7. The average molecular weight is 283 g/mol. The van der Waals surface area contributed by atoms with Crippen LogP contribution in [0.15, 0.2) is 0 Å². The van der Waals surface area contributed by atoms with E-state index in [0.717, 1.165) is 38.9 Å². The molecular weight excluding hydrogens is 250 g/mol. The van der Waals surface area contributed by atoms with Crippen LogP contribution in [0.2, 0.25) is 0 Å². The van der Waals surface area contributed by atoms with Crippen LogP contribution in [0.1, 0.15) is 53.4 Å². The van der Waals surface area contributed by atoms with Crippen molar-refractivity contribution in [2.24, 2.45) is 5.92 Å². The number of carbonyl (C=O) groups is 1. The second-order valence-electron chi connectivity index (χ2n) is 6.11. The summed E-state index contributed by atoms with van der Waals surface area (Å²) in [6.07, 6.45) is 4.52. The summed E-state index contributed by atoms with van der Waals surface area (Å²) in [6.45, 7) is 12.3. The molecule has 0 spiro atoms. The predicted octanol–water partition coefficient (Wildman–Crippen LogP) is 2.00. The number of rotatable bonds is 8. The largest absolute Gasteiger partial charge is 0.353 e. The van der Waals surface area contributed by atoms with E-state index < -0.39 is 0 Å². The summed E-state index contributed by atoms with van der Waals surface area (Å²) < 4.78 is 0. The van der Waals surface area contributed by atoms with Crippen molar-refractivity contribution in [3.8, 4) is 0 Å². The number of carbonyl (C=O) groups excluding carboxylic acids is 1. The number of hydrogen-bond acceptors (Lipinski definition) is 3. The van der Waals surface area contributed by atoms with Gasteiger partial charge in [0.2, 0.25) is 5.91 Å². The molecule has 4 nitrogen and oxygen atoms in total. The van der Waals surface area contributed by atoms with Gasteiger partial charge in [0.25, 0.3) is 0 Å². The fourth-order valence-electron chi connectivity index (χ4n) is 3.22. The Balaban J connectivity index is 2.36. The van der Waals surface area contributed by atoms with Gasteiger partial charge in [0.15, 0.2) is 0 Å². The Morgan fingerprint density at radius 2 is 2.10 bits per heavy atom. The standard InChI is InChI=1S/C16H33N3O/c1-5-8-13(4)18-16(20)12-19-10-9-15(17-7-3)14(6-2)11-19/h13-15,17H,5-12H2,1-4H3,(H,18,20). The Morgan fingerprint density at radius 1 is 1.35 bits per heavy atom. The lowest BCUT2D eigenvalue weighted by molar-refractivity contribution is -0.123. The molecule has 118 valence electrons. The predicted molar refractivity (Wildman–Crippen MR) is 84.8 cm³/mol. The highest BCUT2D eigenvalue weighted by molar-refractivity contribution is 5.78. The van der Waals surface area contributed by atoms with E-state index >= 15 is 0 Å². The molecule has 4 heteroatoms. The minimum absolute atomic E-state index is 0.183. The molecule has 1 fully saturated rings. The summed E-state index contributed by atoms with van der Waals surface area (Å²) in [5.41, 5.74) is 0. The third-order valence-corrected chi connectivity index (χ3v) is 4.31. The maximum absolute atomic E-state index is 12.0. The summed E-state index contributed by atoms with van der Waals surface area (Å²) in [7, 11) is 0. The molecule has 1 saturated heterocycles. The zero-order valence-corrected chi connectivity index (χ0v) is 13.7. The van der Waals surface area contributed by atoms with Gasteiger partial charge in [-0.15, -0.1) is 0 Å². The summed E-state index contributed by atoms with van der Waals surface area (Å²) in [5, 5.41) is 6.68. The second kappa shape index (κ2) is 9.35. The second-order valence-corrected chi connectivity index (χ2v) is 6.11. The van der Waals surface area contributed by atoms with Crippen LogP contribution < -0.4 is 10.6 Å². The van der Waals surface area contributed by atoms with Gasteiger partial charge in [-0.25, -0.2) is 0 Å². The molecule has 0 saturated carbocycles. The van der Waals surface area contributed by atoms with Gasteiger partial charge in [0.05, 0.1) is 6.54 Å². The third kappa shape index (κ3) is 5.80. The van der Waals surface area contributed by atoms with Crippen LogP contribution in [-0.4, -0.2) is 49.1 Å². The van der Waals surface area contributed by atoms with E-state index in [1.807, 2.05) is 0 Å². The first-order valence-corrected chi connectivity index (χ1v) is 8.35. The van der Waals surface area contributed by atoms with Crippen molar-refractivity contribution in [3.63, 3.8) is 0 Å². The molecule has 20 heavy (non-hydrogen) atoms. The summed E-state index contributed by atoms with van der Waals surface area (Å²) in [6, 6.07) is 0.928. The van der Waals surface area contributed by atoms with E-state index in [4.69, 9.17) is 0 Å². The lowest BCUT2D eigenvalue weighted by atomic mass is 9.90. The number of amides is 1. The smallest absolute Gasteiger partial charge is 0.234 e. The summed E-state index contributed by atoms with van der Waals surface area (Å²) in [5.74, 6) is 0.854. The Morgan fingerprint density at radius 3 is 2.70 bits per heavy atom. The highest BCUT2D eigenvalue weighted by atomic mass is 16.2. The van der Waals surface area contributed by atoms with E-state index in [9.17, 15) is 4.79 Å². The van der Waals surface area contributed by atoms with Crippen molar-refractivity contribution < 1.29 is 4.79 Å². The Bertz CT molecular complexity index is 283. The maximum atomic E-state index is 12.0. The highest BCUT2D eigenvalue weighted by Gasteiger charge is 2.28. The third-order valence-electron chi connectivity index (χ3n) is 4.31. The highest BCUT2D eigenvalue weighted by Crippen LogP contribution is 2.19. The maximum Gasteiger partial charge on any atom is 0.234 e. The topological polar surface area (TPSA) is 44.4 Å². The number of piperidine rings is 1. The van der Waals surface area contributed by atoms with E-state index in [1.54, 1.807) is 0 Å². The normalized spacial score (nSPS) is 25.4. The van der Waals surface area contributed by atoms with E-state index in [-0.39, 0.29) is 5.91 Å². The minimum atomic E-state index is 0.183. The SMILES string of the molecule is CCCC(C)NC(=O)CN1CCC(NCC)C(CC)C1. The van der Waals surface area contributed by atoms with Crippen molar-refractivity contribution in [1.82, 2.24) is 15.5 Å². The molecule has 1 amide bonds. The fraction of sp³-hybridized carbons (Fsp3) is 0.938. The van der Waals surface area contributed by atoms with Crippen LogP contribution in [0.5, 0.6) is 0 Å². The first kappa shape index (κ1) is 17.4. The molecule has 1 aliphatic heterocycles. The lowest BCUT2D eigenvalue weighted by Crippen LogP contribution is -2.51. The molecular formula is C16H33N3O. The molecule has 0 radical (unpaired) electrons. The molecule has 2 N–H and O–H groups in total. The summed E-state index contributed by atoms with van der Waals surface area (Å²) in [4.78, 5) is 14.3. The van der Waals surface area contributed by atoms with Crippen molar-refractivity contribution in [2.45, 2.75) is 65.5 Å². The Labute approximate surface area is 124 Å². The van der Waals surface area contributed by atoms with E-state index in [1.165, 1.54) is 6.42 Å². The van der Waals surface area contributed by atoms with Gasteiger partial charge in [-0.2, -0.15) is 0 Å². The monoisotopic (exact) mass is 283 g/mol. The van der Waals surface area contributed by atoms with Gasteiger partial charge in [-0.3, -0.25) is 9.69 Å². The number of nitrogens with zero attached hydrogens (tertiary/aromatic N) is 1. The van der Waals surface area contributed by atoms with Crippen LogP contribution in [0, 0.1) is 5.92 Å². The van der Waals surface area contributed by atoms with Crippen LogP contribution >= 0.6 is 0 Å². The van der Waals surface area contributed by atoms with Crippen molar-refractivity contribution in [3.05, 3.63) is 0 Å². The van der Waals surface area contributed by atoms with Crippen LogP contribution in [0.3, 0.4) is 0 Å². The molecule has 1 aliphatic rings. The molecule has 3 unspecified atom stereocenters. The van der Waals surface area contributed by atoms with Gasteiger partial charge in [0.1, 0.15) is 0 Å². The molecule has 0 bridgehead atoms. The molecule has 0 aliphatic carbocycles. The zero-order chi connectivity index (χ0) is 15.0. The molecule has 0 aromatic rings. The first-order valence-electron chi connectivity index (χ1n) is 8.35. The van der Waals surface area contributed by atoms with Crippen LogP contribution in [0.4, 0.5) is 0 Å². The lowest BCUT2D eigenvalue weighted by Gasteiger charge is -2.38. The molecule has 1 heterocycles. The number of hydrogen-bond donors (Lipinski definition) is 2. The van der Waals surface area contributed by atoms with Gasteiger partial charge in [0, 0.05) is 25.2 Å². The molecule has 0 aromatic heterocycles. The number of nitrogens with one attached hydrogen (secondary N) is 2. The molecule has 1 rings (SSSR count). The van der Waals surface area contributed by atoms with Gasteiger partial charge >= 0.3 is 0 Å². The van der Waals surface area contributed by atoms with Crippen LogP contribution in [-0.2, 0) is 4.79 Å². The van der Waals surface area contributed by atoms with Gasteiger partial charge in [-0.05, 0) is 32.2 Å². The first-order chi connectivity index (χ1) is 9.60. The fourth-order valence-corrected chi connectivity index (χ4v) is 3.22.